The molecule has 0 spiro atoms. The van der Waals surface area contributed by atoms with Crippen LogP contribution in [0.3, 0.4) is 0 Å². The normalized spacial score (nSPS) is 12.1. The third-order valence-electron chi connectivity index (χ3n) is 7.62. The van der Waals surface area contributed by atoms with E-state index in [0.29, 0.717) is 19.6 Å². The molecule has 0 saturated carbocycles. The topological polar surface area (TPSA) is 52.6 Å². The first-order valence-electron chi connectivity index (χ1n) is 15.1. The van der Waals surface area contributed by atoms with Crippen LogP contribution >= 0.6 is 0 Å². The van der Waals surface area contributed by atoms with Crippen molar-refractivity contribution in [3.63, 3.8) is 0 Å². The van der Waals surface area contributed by atoms with E-state index in [1.807, 2.05) is 42.5 Å². The van der Waals surface area contributed by atoms with Gasteiger partial charge >= 0.3 is 11.9 Å². The van der Waals surface area contributed by atoms with Crippen LogP contribution in [0.15, 0.2) is 91.0 Å². The molecule has 0 heterocycles. The smallest absolute Gasteiger partial charge is 0.321 e. The number of benzene rings is 3. The lowest BCUT2D eigenvalue weighted by atomic mass is 9.62. The number of ether oxygens (including phenoxy) is 2. The van der Waals surface area contributed by atoms with E-state index >= 15 is 0 Å². The first kappa shape index (κ1) is 31.1. The molecule has 3 rings (SSSR count). The standard InChI is InChI=1S/C36H46O4/c1-3-5-28-39-34(37)27-19-8-7-18-26-33(30-20-12-9-13-21-30)36(31-22-14-10-15-23-31,32-24-16-11-17-25-32)35(38)40-29-6-4-2/h9-17,20-25,33H,3-8,18-19,26-29H2,1-2H3. The first-order valence-corrected chi connectivity index (χ1v) is 15.1. The Bertz CT molecular complexity index is 1070. The van der Waals surface area contributed by atoms with Gasteiger partial charge in [-0.3, -0.25) is 9.59 Å². The molecule has 1 atom stereocenters. The van der Waals surface area contributed by atoms with Crippen LogP contribution in [-0.4, -0.2) is 25.2 Å². The van der Waals surface area contributed by atoms with Crippen molar-refractivity contribution in [2.75, 3.05) is 13.2 Å². The molecule has 3 aromatic rings. The Hall–Kier alpha value is -3.40. The predicted octanol–water partition coefficient (Wildman–Crippen LogP) is 8.78. The fourth-order valence-corrected chi connectivity index (χ4v) is 5.46. The summed E-state index contributed by atoms with van der Waals surface area (Å²) in [5.74, 6) is -0.411. The SMILES string of the molecule is CCCCOC(=O)CCCCCCC(c1ccccc1)C(C(=O)OCCCC)(c1ccccc1)c1ccccc1. The average Bonchev–Trinajstić information content (AvgIpc) is 3.00. The molecule has 0 saturated heterocycles. The van der Waals surface area contributed by atoms with Crippen molar-refractivity contribution in [1.82, 2.24) is 0 Å². The van der Waals surface area contributed by atoms with Crippen LogP contribution in [0, 0.1) is 0 Å². The lowest BCUT2D eigenvalue weighted by Gasteiger charge is -2.40. The van der Waals surface area contributed by atoms with E-state index in [0.717, 1.165) is 74.5 Å². The van der Waals surface area contributed by atoms with Crippen molar-refractivity contribution in [3.05, 3.63) is 108 Å². The number of rotatable bonds is 18. The molecule has 0 fully saturated rings. The molecular formula is C36H46O4. The van der Waals surface area contributed by atoms with Gasteiger partial charge in [-0.1, -0.05) is 137 Å². The summed E-state index contributed by atoms with van der Waals surface area (Å²) in [5.41, 5.74) is 2.04. The quantitative estimate of drug-likeness (QED) is 0.119. The summed E-state index contributed by atoms with van der Waals surface area (Å²) in [7, 11) is 0. The Labute approximate surface area is 241 Å². The van der Waals surface area contributed by atoms with E-state index in [4.69, 9.17) is 9.47 Å². The number of carbonyl (C=O) groups is 2. The highest BCUT2D eigenvalue weighted by atomic mass is 16.5. The van der Waals surface area contributed by atoms with Gasteiger partial charge in [0, 0.05) is 12.3 Å². The van der Waals surface area contributed by atoms with Crippen molar-refractivity contribution in [1.29, 1.82) is 0 Å². The highest BCUT2D eigenvalue weighted by molar-refractivity contribution is 5.89. The zero-order valence-corrected chi connectivity index (χ0v) is 24.4. The van der Waals surface area contributed by atoms with Crippen molar-refractivity contribution in [3.8, 4) is 0 Å². The molecule has 40 heavy (non-hydrogen) atoms. The first-order chi connectivity index (χ1) is 19.6. The molecule has 0 N–H and O–H groups in total. The molecule has 0 aliphatic heterocycles. The van der Waals surface area contributed by atoms with Crippen LogP contribution in [0.5, 0.6) is 0 Å². The van der Waals surface area contributed by atoms with Crippen LogP contribution in [-0.2, 0) is 24.5 Å². The van der Waals surface area contributed by atoms with Crippen LogP contribution in [0.25, 0.3) is 0 Å². The van der Waals surface area contributed by atoms with Gasteiger partial charge in [0.1, 0.15) is 5.41 Å². The van der Waals surface area contributed by atoms with Crippen molar-refractivity contribution in [2.45, 2.75) is 89.4 Å². The summed E-state index contributed by atoms with van der Waals surface area (Å²) >= 11 is 0. The predicted molar refractivity (Wildman–Crippen MR) is 162 cm³/mol. The number of carbonyl (C=O) groups excluding carboxylic acids is 2. The summed E-state index contributed by atoms with van der Waals surface area (Å²) in [5, 5.41) is 0. The number of unbranched alkanes of at least 4 members (excludes halogenated alkanes) is 5. The fraction of sp³-hybridized carbons (Fsp3) is 0.444. The number of esters is 2. The van der Waals surface area contributed by atoms with Crippen LogP contribution in [0.1, 0.15) is 101 Å². The van der Waals surface area contributed by atoms with E-state index in [2.05, 4.69) is 62.4 Å². The molecule has 4 heteroatoms. The molecule has 0 radical (unpaired) electrons. The van der Waals surface area contributed by atoms with Gasteiger partial charge in [0.2, 0.25) is 0 Å². The zero-order valence-electron chi connectivity index (χ0n) is 24.4. The number of hydrogen-bond acceptors (Lipinski definition) is 4. The van der Waals surface area contributed by atoms with Crippen molar-refractivity contribution in [2.24, 2.45) is 0 Å². The van der Waals surface area contributed by atoms with Gasteiger partial charge in [0.15, 0.2) is 0 Å². The van der Waals surface area contributed by atoms with Crippen LogP contribution in [0.4, 0.5) is 0 Å². The zero-order chi connectivity index (χ0) is 28.5. The molecule has 1 unspecified atom stereocenters. The minimum Gasteiger partial charge on any atom is -0.466 e. The van der Waals surface area contributed by atoms with Gasteiger partial charge in [0.05, 0.1) is 13.2 Å². The monoisotopic (exact) mass is 542 g/mol. The summed E-state index contributed by atoms with van der Waals surface area (Å²) in [6, 6.07) is 30.7. The van der Waals surface area contributed by atoms with E-state index in [-0.39, 0.29) is 17.9 Å². The minimum atomic E-state index is -0.985. The largest absolute Gasteiger partial charge is 0.466 e. The molecule has 3 aromatic carbocycles. The second kappa shape index (κ2) is 17.3. The Balaban J connectivity index is 1.91. The second-order valence-corrected chi connectivity index (χ2v) is 10.5. The number of hydrogen-bond donors (Lipinski definition) is 0. The summed E-state index contributed by atoms with van der Waals surface area (Å²) in [6.45, 7) is 5.12. The summed E-state index contributed by atoms with van der Waals surface area (Å²) < 4.78 is 11.4. The van der Waals surface area contributed by atoms with Gasteiger partial charge in [0.25, 0.3) is 0 Å². The fourth-order valence-electron chi connectivity index (χ4n) is 5.46. The average molecular weight is 543 g/mol. The maximum absolute atomic E-state index is 14.4. The molecule has 0 aliphatic rings. The summed E-state index contributed by atoms with van der Waals surface area (Å²) in [6.07, 6.45) is 8.72. The molecule has 214 valence electrons. The van der Waals surface area contributed by atoms with Crippen LogP contribution in [0.2, 0.25) is 0 Å². The highest BCUT2D eigenvalue weighted by Gasteiger charge is 2.50. The minimum absolute atomic E-state index is 0.0994. The van der Waals surface area contributed by atoms with Crippen LogP contribution < -0.4 is 0 Å². The van der Waals surface area contributed by atoms with Gasteiger partial charge in [-0.2, -0.15) is 0 Å². The molecule has 0 bridgehead atoms. The Morgan fingerprint density at radius 3 is 1.68 bits per heavy atom. The Morgan fingerprint density at radius 1 is 0.625 bits per heavy atom. The van der Waals surface area contributed by atoms with E-state index in [1.54, 1.807) is 0 Å². The van der Waals surface area contributed by atoms with Gasteiger partial charge in [-0.05, 0) is 42.4 Å². The maximum Gasteiger partial charge on any atom is 0.321 e. The molecule has 0 aliphatic carbocycles. The Morgan fingerprint density at radius 2 is 1.12 bits per heavy atom. The van der Waals surface area contributed by atoms with Gasteiger partial charge < -0.3 is 9.47 Å². The lowest BCUT2D eigenvalue weighted by molar-refractivity contribution is -0.150. The van der Waals surface area contributed by atoms with E-state index in [9.17, 15) is 9.59 Å². The second-order valence-electron chi connectivity index (χ2n) is 10.5. The van der Waals surface area contributed by atoms with Crippen molar-refractivity contribution >= 4 is 11.9 Å². The van der Waals surface area contributed by atoms with E-state index in [1.165, 1.54) is 0 Å². The van der Waals surface area contributed by atoms with Gasteiger partial charge in [-0.15, -0.1) is 0 Å². The Kier molecular flexibility index (Phi) is 13.5. The van der Waals surface area contributed by atoms with E-state index < -0.39 is 5.41 Å². The lowest BCUT2D eigenvalue weighted by Crippen LogP contribution is -2.44. The maximum atomic E-state index is 14.4. The van der Waals surface area contributed by atoms with Crippen molar-refractivity contribution < 1.29 is 19.1 Å². The highest BCUT2D eigenvalue weighted by Crippen LogP contribution is 2.48. The molecule has 0 aromatic heterocycles. The van der Waals surface area contributed by atoms with Gasteiger partial charge in [-0.25, -0.2) is 0 Å². The third kappa shape index (κ3) is 8.55. The summed E-state index contributed by atoms with van der Waals surface area (Å²) in [4.78, 5) is 26.4. The molecule has 0 amide bonds. The molecule has 4 nitrogen and oxygen atoms in total. The third-order valence-corrected chi connectivity index (χ3v) is 7.62. The molecular weight excluding hydrogens is 496 g/mol.